The van der Waals surface area contributed by atoms with Gasteiger partial charge in [0.1, 0.15) is 12.4 Å². The zero-order valence-corrected chi connectivity index (χ0v) is 12.8. The summed E-state index contributed by atoms with van der Waals surface area (Å²) in [6, 6.07) is 13.2. The molecule has 6 nitrogen and oxygen atoms in total. The summed E-state index contributed by atoms with van der Waals surface area (Å²) in [7, 11) is 0. The van der Waals surface area contributed by atoms with E-state index in [2.05, 4.69) is 15.0 Å². The summed E-state index contributed by atoms with van der Waals surface area (Å²) in [4.78, 5) is 26.8. The summed E-state index contributed by atoms with van der Waals surface area (Å²) in [5, 5.41) is 2.45. The summed E-state index contributed by atoms with van der Waals surface area (Å²) in [5.41, 5.74) is 1.65. The number of amides is 1. The van der Waals surface area contributed by atoms with E-state index >= 15 is 0 Å². The van der Waals surface area contributed by atoms with Crippen LogP contribution < -0.4 is 10.1 Å². The molecule has 0 aliphatic heterocycles. The van der Waals surface area contributed by atoms with Crippen molar-refractivity contribution in [3.8, 4) is 5.75 Å². The molecule has 0 saturated heterocycles. The summed E-state index contributed by atoms with van der Waals surface area (Å²) in [5.74, 6) is -1.04. The maximum absolute atomic E-state index is 11.5. The smallest absolute Gasteiger partial charge is 0.396 e. The molecule has 0 aliphatic rings. The Labute approximate surface area is 134 Å². The molecule has 0 spiro atoms. The Hall–Kier alpha value is -2.89. The van der Waals surface area contributed by atoms with E-state index in [1.807, 2.05) is 30.3 Å². The quantitative estimate of drug-likeness (QED) is 0.650. The molecule has 0 aliphatic carbocycles. The average Bonchev–Trinajstić information content (AvgIpc) is 2.59. The molecule has 2 aromatic rings. The van der Waals surface area contributed by atoms with Crippen LogP contribution in [0, 0.1) is 0 Å². The largest absolute Gasteiger partial charge is 0.489 e. The average molecular weight is 314 g/mol. The van der Waals surface area contributed by atoms with Crippen LogP contribution in [0.4, 0.5) is 0 Å². The van der Waals surface area contributed by atoms with E-state index in [1.165, 1.54) is 0 Å². The van der Waals surface area contributed by atoms with Crippen molar-refractivity contribution in [2.45, 2.75) is 20.1 Å². The highest BCUT2D eigenvalue weighted by Crippen LogP contribution is 2.13. The molecule has 0 unspecified atom stereocenters. The van der Waals surface area contributed by atoms with Crippen LogP contribution in [0.2, 0.25) is 0 Å². The van der Waals surface area contributed by atoms with E-state index in [9.17, 15) is 9.59 Å². The monoisotopic (exact) mass is 314 g/mol. The van der Waals surface area contributed by atoms with Crippen molar-refractivity contribution in [3.05, 3.63) is 59.9 Å². The Kier molecular flexibility index (Phi) is 6.11. The van der Waals surface area contributed by atoms with Crippen molar-refractivity contribution in [1.29, 1.82) is 0 Å². The minimum atomic E-state index is -0.899. The number of hydrogen-bond acceptors (Lipinski definition) is 5. The van der Waals surface area contributed by atoms with Crippen molar-refractivity contribution >= 4 is 11.9 Å². The molecule has 0 bridgehead atoms. The first kappa shape index (κ1) is 16.5. The molecular weight excluding hydrogens is 296 g/mol. The van der Waals surface area contributed by atoms with Crippen LogP contribution in [0.15, 0.2) is 48.7 Å². The number of pyridine rings is 1. The molecule has 0 radical (unpaired) electrons. The molecule has 1 N–H and O–H groups in total. The molecular formula is C17H18N2O4. The molecule has 1 amide bonds. The lowest BCUT2D eigenvalue weighted by atomic mass is 10.2. The Balaban J connectivity index is 1.87. The molecule has 2 rings (SSSR count). The number of carbonyl (C=O) groups is 2. The third kappa shape index (κ3) is 5.43. The van der Waals surface area contributed by atoms with Crippen molar-refractivity contribution in [2.75, 3.05) is 6.61 Å². The van der Waals surface area contributed by atoms with Gasteiger partial charge in [0.2, 0.25) is 0 Å². The first-order valence-electron chi connectivity index (χ1n) is 7.25. The van der Waals surface area contributed by atoms with Crippen LogP contribution in [0.3, 0.4) is 0 Å². The molecule has 1 aromatic heterocycles. The summed E-state index contributed by atoms with van der Waals surface area (Å²) >= 11 is 0. The topological polar surface area (TPSA) is 77.5 Å². The van der Waals surface area contributed by atoms with Gasteiger partial charge in [0.05, 0.1) is 18.8 Å². The lowest BCUT2D eigenvalue weighted by Crippen LogP contribution is -2.32. The highest BCUT2D eigenvalue weighted by molar-refractivity contribution is 6.32. The van der Waals surface area contributed by atoms with E-state index in [1.54, 1.807) is 25.3 Å². The van der Waals surface area contributed by atoms with Gasteiger partial charge < -0.3 is 14.8 Å². The standard InChI is InChI=1S/C17H18N2O4/c1-2-22-17(21)16(20)19-11-14-10-15(8-9-18-14)23-12-13-6-4-3-5-7-13/h3-10H,2,11-12H2,1H3,(H,19,20). The van der Waals surface area contributed by atoms with E-state index in [0.717, 1.165) is 5.56 Å². The predicted molar refractivity (Wildman–Crippen MR) is 83.5 cm³/mol. The van der Waals surface area contributed by atoms with Crippen LogP contribution >= 0.6 is 0 Å². The van der Waals surface area contributed by atoms with Gasteiger partial charge in [0, 0.05) is 12.3 Å². The van der Waals surface area contributed by atoms with Crippen LogP contribution in [0.1, 0.15) is 18.2 Å². The molecule has 6 heteroatoms. The number of nitrogens with zero attached hydrogens (tertiary/aromatic N) is 1. The van der Waals surface area contributed by atoms with Gasteiger partial charge in [-0.15, -0.1) is 0 Å². The van der Waals surface area contributed by atoms with Crippen molar-refractivity contribution in [1.82, 2.24) is 10.3 Å². The van der Waals surface area contributed by atoms with Gasteiger partial charge in [0.15, 0.2) is 0 Å². The number of rotatable bonds is 6. The second-order valence-corrected chi connectivity index (χ2v) is 4.66. The van der Waals surface area contributed by atoms with Gasteiger partial charge in [0.25, 0.3) is 0 Å². The second-order valence-electron chi connectivity index (χ2n) is 4.66. The summed E-state index contributed by atoms with van der Waals surface area (Å²) in [6.45, 7) is 2.37. The number of esters is 1. The number of ether oxygens (including phenoxy) is 2. The van der Waals surface area contributed by atoms with Gasteiger partial charge in [-0.25, -0.2) is 4.79 Å². The van der Waals surface area contributed by atoms with Gasteiger partial charge in [-0.1, -0.05) is 30.3 Å². The van der Waals surface area contributed by atoms with Gasteiger partial charge in [-0.3, -0.25) is 9.78 Å². The SMILES string of the molecule is CCOC(=O)C(=O)NCc1cc(OCc2ccccc2)ccn1. The number of carbonyl (C=O) groups excluding carboxylic acids is 2. The Bertz CT molecular complexity index is 659. The lowest BCUT2D eigenvalue weighted by molar-refractivity contribution is -0.154. The van der Waals surface area contributed by atoms with Crippen LogP contribution in [-0.4, -0.2) is 23.5 Å². The minimum absolute atomic E-state index is 0.125. The Morgan fingerprint density at radius 3 is 2.70 bits per heavy atom. The lowest BCUT2D eigenvalue weighted by Gasteiger charge is -2.08. The number of hydrogen-bond donors (Lipinski definition) is 1. The second kappa shape index (κ2) is 8.53. The zero-order valence-electron chi connectivity index (χ0n) is 12.8. The van der Waals surface area contributed by atoms with Crippen molar-refractivity contribution in [2.24, 2.45) is 0 Å². The fourth-order valence-corrected chi connectivity index (χ4v) is 1.82. The molecule has 0 saturated carbocycles. The molecule has 1 heterocycles. The highest BCUT2D eigenvalue weighted by atomic mass is 16.5. The Morgan fingerprint density at radius 2 is 1.96 bits per heavy atom. The van der Waals surface area contributed by atoms with E-state index in [4.69, 9.17) is 4.74 Å². The number of aromatic nitrogens is 1. The third-order valence-electron chi connectivity index (χ3n) is 2.93. The van der Waals surface area contributed by atoms with Crippen LogP contribution in [-0.2, 0) is 27.5 Å². The van der Waals surface area contributed by atoms with E-state index < -0.39 is 11.9 Å². The first-order chi connectivity index (χ1) is 11.2. The van der Waals surface area contributed by atoms with Crippen molar-refractivity contribution < 1.29 is 19.1 Å². The van der Waals surface area contributed by atoms with E-state index in [0.29, 0.717) is 18.1 Å². The van der Waals surface area contributed by atoms with Crippen LogP contribution in [0.5, 0.6) is 5.75 Å². The molecule has 23 heavy (non-hydrogen) atoms. The predicted octanol–water partition coefficient (Wildman–Crippen LogP) is 1.84. The summed E-state index contributed by atoms with van der Waals surface area (Å²) < 4.78 is 10.3. The fourth-order valence-electron chi connectivity index (χ4n) is 1.82. The normalized spacial score (nSPS) is 9.96. The molecule has 0 fully saturated rings. The van der Waals surface area contributed by atoms with Gasteiger partial charge in [-0.05, 0) is 18.6 Å². The maximum Gasteiger partial charge on any atom is 0.396 e. The highest BCUT2D eigenvalue weighted by Gasteiger charge is 2.14. The number of benzene rings is 1. The summed E-state index contributed by atoms with van der Waals surface area (Å²) in [6.07, 6.45) is 1.59. The molecule has 1 aromatic carbocycles. The minimum Gasteiger partial charge on any atom is -0.489 e. The molecule has 0 atom stereocenters. The van der Waals surface area contributed by atoms with Gasteiger partial charge in [-0.2, -0.15) is 0 Å². The van der Waals surface area contributed by atoms with Crippen LogP contribution in [0.25, 0.3) is 0 Å². The zero-order chi connectivity index (χ0) is 16.5. The maximum atomic E-state index is 11.5. The first-order valence-corrected chi connectivity index (χ1v) is 7.25. The van der Waals surface area contributed by atoms with Gasteiger partial charge >= 0.3 is 11.9 Å². The third-order valence-corrected chi connectivity index (χ3v) is 2.93. The Morgan fingerprint density at radius 1 is 1.17 bits per heavy atom. The van der Waals surface area contributed by atoms with Crippen molar-refractivity contribution in [3.63, 3.8) is 0 Å². The fraction of sp³-hybridized carbons (Fsp3) is 0.235. The number of nitrogens with one attached hydrogen (secondary N) is 1. The van der Waals surface area contributed by atoms with E-state index in [-0.39, 0.29) is 13.2 Å². The molecule has 120 valence electrons.